The average Bonchev–Trinajstić information content (AvgIpc) is 2.52. The third kappa shape index (κ3) is 3.87. The number of rotatable bonds is 4. The van der Waals surface area contributed by atoms with Crippen molar-refractivity contribution in [3.05, 3.63) is 23.9 Å². The molecule has 1 aromatic heterocycles. The lowest BCUT2D eigenvalue weighted by molar-refractivity contribution is -0.126. The van der Waals surface area contributed by atoms with E-state index in [1.807, 2.05) is 31.1 Å². The molecule has 0 unspecified atom stereocenters. The van der Waals surface area contributed by atoms with Crippen molar-refractivity contribution in [2.75, 3.05) is 32.1 Å². The van der Waals surface area contributed by atoms with Gasteiger partial charge >= 0.3 is 6.03 Å². The van der Waals surface area contributed by atoms with Crippen molar-refractivity contribution in [1.82, 2.24) is 15.2 Å². The van der Waals surface area contributed by atoms with Crippen molar-refractivity contribution in [3.8, 4) is 0 Å². The Morgan fingerprint density at radius 3 is 2.68 bits per heavy atom. The van der Waals surface area contributed by atoms with Crippen LogP contribution in [-0.4, -0.2) is 49.0 Å². The molecule has 1 saturated heterocycles. The second kappa shape index (κ2) is 7.11. The van der Waals surface area contributed by atoms with Crippen molar-refractivity contribution in [3.63, 3.8) is 0 Å². The van der Waals surface area contributed by atoms with Crippen LogP contribution in [0.25, 0.3) is 0 Å². The Morgan fingerprint density at radius 1 is 1.41 bits per heavy atom. The Labute approximate surface area is 130 Å². The standard InChI is InChI=1S/C15H23N5O2/c1-19(2)13-12(4-3-7-17-13)10-18-14(21)11-5-8-20(9-6-11)15(16)22/h3-4,7,11H,5-6,8-10H2,1-2H3,(H2,16,22)(H,18,21). The van der Waals surface area contributed by atoms with Crippen molar-refractivity contribution in [2.24, 2.45) is 11.7 Å². The van der Waals surface area contributed by atoms with Gasteiger partial charge in [0.15, 0.2) is 0 Å². The number of likely N-dealkylation sites (tertiary alicyclic amines) is 1. The Balaban J connectivity index is 1.88. The van der Waals surface area contributed by atoms with Crippen LogP contribution in [0.5, 0.6) is 0 Å². The van der Waals surface area contributed by atoms with Crippen LogP contribution in [0.1, 0.15) is 18.4 Å². The van der Waals surface area contributed by atoms with Gasteiger partial charge in [0.25, 0.3) is 0 Å². The second-order valence-corrected chi connectivity index (χ2v) is 5.70. The molecule has 0 radical (unpaired) electrons. The Kier molecular flexibility index (Phi) is 5.19. The molecular formula is C15H23N5O2. The van der Waals surface area contributed by atoms with Crippen LogP contribution in [0, 0.1) is 5.92 Å². The molecule has 2 heterocycles. The number of amides is 3. The van der Waals surface area contributed by atoms with Gasteiger partial charge in [0.2, 0.25) is 5.91 Å². The highest BCUT2D eigenvalue weighted by atomic mass is 16.2. The molecule has 7 nitrogen and oxygen atoms in total. The van der Waals surface area contributed by atoms with E-state index in [1.54, 1.807) is 11.1 Å². The largest absolute Gasteiger partial charge is 0.362 e. The van der Waals surface area contributed by atoms with Gasteiger partial charge in [-0.25, -0.2) is 9.78 Å². The molecule has 1 aliphatic heterocycles. The van der Waals surface area contributed by atoms with Gasteiger partial charge in [0, 0.05) is 51.4 Å². The van der Waals surface area contributed by atoms with Crippen LogP contribution >= 0.6 is 0 Å². The lowest BCUT2D eigenvalue weighted by Crippen LogP contribution is -2.45. The number of aromatic nitrogens is 1. The first-order valence-electron chi connectivity index (χ1n) is 7.42. The number of anilines is 1. The fraction of sp³-hybridized carbons (Fsp3) is 0.533. The highest BCUT2D eigenvalue weighted by molar-refractivity contribution is 5.79. The lowest BCUT2D eigenvalue weighted by atomic mass is 9.96. The first kappa shape index (κ1) is 16.1. The van der Waals surface area contributed by atoms with E-state index in [9.17, 15) is 9.59 Å². The van der Waals surface area contributed by atoms with Crippen molar-refractivity contribution < 1.29 is 9.59 Å². The number of piperidine rings is 1. The number of hydrogen-bond acceptors (Lipinski definition) is 4. The number of pyridine rings is 1. The maximum absolute atomic E-state index is 12.2. The zero-order valence-electron chi connectivity index (χ0n) is 13.1. The zero-order valence-corrected chi connectivity index (χ0v) is 13.1. The third-order valence-corrected chi connectivity index (χ3v) is 3.92. The maximum atomic E-state index is 12.2. The summed E-state index contributed by atoms with van der Waals surface area (Å²) < 4.78 is 0. The minimum absolute atomic E-state index is 0.0256. The van der Waals surface area contributed by atoms with Gasteiger partial charge < -0.3 is 20.9 Å². The number of urea groups is 1. The van der Waals surface area contributed by atoms with Crippen LogP contribution in [0.3, 0.4) is 0 Å². The summed E-state index contributed by atoms with van der Waals surface area (Å²) in [4.78, 5) is 31.1. The second-order valence-electron chi connectivity index (χ2n) is 5.70. The predicted molar refractivity (Wildman–Crippen MR) is 84.3 cm³/mol. The van der Waals surface area contributed by atoms with Crippen molar-refractivity contribution in [2.45, 2.75) is 19.4 Å². The molecule has 0 aliphatic carbocycles. The molecule has 22 heavy (non-hydrogen) atoms. The van der Waals surface area contributed by atoms with Gasteiger partial charge in [-0.2, -0.15) is 0 Å². The average molecular weight is 305 g/mol. The van der Waals surface area contributed by atoms with Gasteiger partial charge in [-0.05, 0) is 18.9 Å². The molecular weight excluding hydrogens is 282 g/mol. The molecule has 3 N–H and O–H groups in total. The molecule has 0 aromatic carbocycles. The normalized spacial score (nSPS) is 15.5. The quantitative estimate of drug-likeness (QED) is 0.850. The van der Waals surface area contributed by atoms with Gasteiger partial charge in [-0.15, -0.1) is 0 Å². The van der Waals surface area contributed by atoms with E-state index in [0.717, 1.165) is 11.4 Å². The number of carbonyl (C=O) groups is 2. The summed E-state index contributed by atoms with van der Waals surface area (Å²) in [7, 11) is 3.85. The monoisotopic (exact) mass is 305 g/mol. The Hall–Kier alpha value is -2.31. The predicted octanol–water partition coefficient (Wildman–Crippen LogP) is 0.555. The molecule has 7 heteroatoms. The molecule has 0 bridgehead atoms. The minimum atomic E-state index is -0.412. The van der Waals surface area contributed by atoms with Crippen LogP contribution in [0.2, 0.25) is 0 Å². The number of nitrogens with zero attached hydrogens (tertiary/aromatic N) is 3. The molecule has 3 amide bonds. The summed E-state index contributed by atoms with van der Waals surface area (Å²) in [6.45, 7) is 1.54. The zero-order chi connectivity index (χ0) is 16.1. The van der Waals surface area contributed by atoms with Crippen LogP contribution < -0.4 is 16.0 Å². The van der Waals surface area contributed by atoms with E-state index < -0.39 is 6.03 Å². The van der Waals surface area contributed by atoms with Crippen LogP contribution in [-0.2, 0) is 11.3 Å². The topological polar surface area (TPSA) is 91.6 Å². The minimum Gasteiger partial charge on any atom is -0.362 e. The first-order valence-corrected chi connectivity index (χ1v) is 7.42. The van der Waals surface area contributed by atoms with Crippen LogP contribution in [0.4, 0.5) is 10.6 Å². The van der Waals surface area contributed by atoms with Gasteiger partial charge in [-0.1, -0.05) is 6.07 Å². The van der Waals surface area contributed by atoms with Crippen molar-refractivity contribution >= 4 is 17.8 Å². The molecule has 1 aliphatic rings. The van der Waals surface area contributed by atoms with E-state index in [2.05, 4.69) is 10.3 Å². The smallest absolute Gasteiger partial charge is 0.314 e. The summed E-state index contributed by atoms with van der Waals surface area (Å²) in [5, 5.41) is 2.97. The fourth-order valence-corrected chi connectivity index (χ4v) is 2.66. The maximum Gasteiger partial charge on any atom is 0.314 e. The number of primary amides is 1. The number of nitrogens with one attached hydrogen (secondary N) is 1. The number of hydrogen-bond donors (Lipinski definition) is 2. The summed E-state index contributed by atoms with van der Waals surface area (Å²) in [5.41, 5.74) is 6.23. The number of nitrogens with two attached hydrogens (primary N) is 1. The molecule has 120 valence electrons. The molecule has 0 saturated carbocycles. The van der Waals surface area contributed by atoms with Crippen molar-refractivity contribution in [1.29, 1.82) is 0 Å². The summed E-state index contributed by atoms with van der Waals surface area (Å²) in [5.74, 6) is 0.819. The molecule has 1 fully saturated rings. The van der Waals surface area contributed by atoms with E-state index in [4.69, 9.17) is 5.73 Å². The lowest BCUT2D eigenvalue weighted by Gasteiger charge is -2.30. The Bertz CT molecular complexity index is 538. The summed E-state index contributed by atoms with van der Waals surface area (Å²) >= 11 is 0. The summed E-state index contributed by atoms with van der Waals surface area (Å²) in [6, 6.07) is 3.41. The van der Waals surface area contributed by atoms with Gasteiger partial charge in [0.05, 0.1) is 0 Å². The van der Waals surface area contributed by atoms with Gasteiger partial charge in [0.1, 0.15) is 5.82 Å². The number of carbonyl (C=O) groups excluding carboxylic acids is 2. The molecule has 1 aromatic rings. The highest BCUT2D eigenvalue weighted by Crippen LogP contribution is 2.18. The summed E-state index contributed by atoms with van der Waals surface area (Å²) in [6.07, 6.45) is 3.05. The van der Waals surface area contributed by atoms with E-state index in [-0.39, 0.29) is 11.8 Å². The van der Waals surface area contributed by atoms with E-state index in [1.165, 1.54) is 0 Å². The van der Waals surface area contributed by atoms with Gasteiger partial charge in [-0.3, -0.25) is 4.79 Å². The van der Waals surface area contributed by atoms with E-state index >= 15 is 0 Å². The third-order valence-electron chi connectivity index (χ3n) is 3.92. The Morgan fingerprint density at radius 2 is 2.09 bits per heavy atom. The fourth-order valence-electron chi connectivity index (χ4n) is 2.66. The molecule has 0 spiro atoms. The molecule has 0 atom stereocenters. The first-order chi connectivity index (χ1) is 10.5. The molecule has 2 rings (SSSR count). The van der Waals surface area contributed by atoms with E-state index in [0.29, 0.717) is 32.5 Å². The highest BCUT2D eigenvalue weighted by Gasteiger charge is 2.26. The SMILES string of the molecule is CN(C)c1ncccc1CNC(=O)C1CCN(C(N)=O)CC1. The van der Waals surface area contributed by atoms with Crippen LogP contribution in [0.15, 0.2) is 18.3 Å².